The number of likely N-dealkylation sites (tertiary alicyclic amines) is 1. The lowest BCUT2D eigenvalue weighted by molar-refractivity contribution is -0.108. The molecule has 0 radical (unpaired) electrons. The zero-order chi connectivity index (χ0) is 14.1. The van der Waals surface area contributed by atoms with Crippen LogP contribution in [0.2, 0.25) is 0 Å². The number of hydrogen-bond acceptors (Lipinski definition) is 4. The Hall–Kier alpha value is 0.420. The molecule has 3 rings (SSSR count). The molecule has 0 aromatic rings. The number of morpholine rings is 1. The van der Waals surface area contributed by atoms with Crippen LogP contribution in [-0.2, 0) is 9.47 Å². The number of nitrogens with one attached hydrogen (secondary N) is 1. The highest BCUT2D eigenvalue weighted by Crippen LogP contribution is 2.32. The van der Waals surface area contributed by atoms with Crippen LogP contribution in [0.4, 0.5) is 0 Å². The van der Waals surface area contributed by atoms with Gasteiger partial charge in [-0.3, -0.25) is 0 Å². The van der Waals surface area contributed by atoms with Gasteiger partial charge in [-0.25, -0.2) is 0 Å². The molecular formula is C16H32Cl2N2O2. The summed E-state index contributed by atoms with van der Waals surface area (Å²) in [6.45, 7) is 12.0. The van der Waals surface area contributed by atoms with Crippen LogP contribution in [0.3, 0.4) is 0 Å². The van der Waals surface area contributed by atoms with Crippen LogP contribution in [-0.4, -0.2) is 62.0 Å². The van der Waals surface area contributed by atoms with Gasteiger partial charge >= 0.3 is 0 Å². The molecule has 4 nitrogen and oxygen atoms in total. The quantitative estimate of drug-likeness (QED) is 0.825. The Balaban J connectivity index is 0.00000121. The van der Waals surface area contributed by atoms with Gasteiger partial charge in [0, 0.05) is 39.3 Å². The third-order valence-corrected chi connectivity index (χ3v) is 5.22. The van der Waals surface area contributed by atoms with E-state index in [1.807, 2.05) is 0 Å². The molecule has 1 spiro atoms. The van der Waals surface area contributed by atoms with E-state index in [2.05, 4.69) is 24.1 Å². The van der Waals surface area contributed by atoms with E-state index >= 15 is 0 Å². The zero-order valence-electron chi connectivity index (χ0n) is 13.9. The lowest BCUT2D eigenvalue weighted by Crippen LogP contribution is -2.56. The van der Waals surface area contributed by atoms with Gasteiger partial charge in [-0.05, 0) is 45.4 Å². The Morgan fingerprint density at radius 3 is 2.41 bits per heavy atom. The Morgan fingerprint density at radius 2 is 1.82 bits per heavy atom. The third kappa shape index (κ3) is 5.22. The van der Waals surface area contributed by atoms with Crippen molar-refractivity contribution in [2.45, 2.75) is 50.7 Å². The summed E-state index contributed by atoms with van der Waals surface area (Å²) >= 11 is 0. The first-order valence-electron chi connectivity index (χ1n) is 8.28. The molecule has 22 heavy (non-hydrogen) atoms. The predicted octanol–water partition coefficient (Wildman–Crippen LogP) is 2.49. The average molecular weight is 355 g/mol. The molecule has 1 atom stereocenters. The minimum atomic E-state index is 0. The fraction of sp³-hybridized carbons (Fsp3) is 1.00. The summed E-state index contributed by atoms with van der Waals surface area (Å²) in [6, 6.07) is 0. The summed E-state index contributed by atoms with van der Waals surface area (Å²) < 4.78 is 11.9. The van der Waals surface area contributed by atoms with E-state index in [1.54, 1.807) is 0 Å². The van der Waals surface area contributed by atoms with Crippen molar-refractivity contribution < 1.29 is 9.47 Å². The first kappa shape index (κ1) is 20.5. The minimum Gasteiger partial charge on any atom is -0.376 e. The zero-order valence-corrected chi connectivity index (χ0v) is 15.6. The molecule has 3 aliphatic rings. The second-order valence-electron chi connectivity index (χ2n) is 7.48. The van der Waals surface area contributed by atoms with E-state index in [0.29, 0.717) is 0 Å². The molecule has 0 aromatic carbocycles. The molecular weight excluding hydrogens is 323 g/mol. The van der Waals surface area contributed by atoms with Crippen LogP contribution in [0.5, 0.6) is 0 Å². The van der Waals surface area contributed by atoms with Crippen LogP contribution in [0.15, 0.2) is 0 Å². The second-order valence-corrected chi connectivity index (χ2v) is 7.48. The number of piperidine rings is 1. The highest BCUT2D eigenvalue weighted by molar-refractivity contribution is 5.85. The molecule has 0 bridgehead atoms. The van der Waals surface area contributed by atoms with Gasteiger partial charge in [-0.1, -0.05) is 0 Å². The van der Waals surface area contributed by atoms with Gasteiger partial charge in [0.05, 0.1) is 17.8 Å². The van der Waals surface area contributed by atoms with Crippen molar-refractivity contribution in [3.8, 4) is 0 Å². The second kappa shape index (κ2) is 8.50. The molecule has 3 saturated heterocycles. The molecule has 3 heterocycles. The number of rotatable bonds is 2. The monoisotopic (exact) mass is 354 g/mol. The maximum absolute atomic E-state index is 6.07. The molecule has 6 heteroatoms. The fourth-order valence-electron chi connectivity index (χ4n) is 4.05. The maximum atomic E-state index is 6.07. The van der Waals surface area contributed by atoms with Gasteiger partial charge in [-0.15, -0.1) is 24.8 Å². The molecule has 3 fully saturated rings. The van der Waals surface area contributed by atoms with E-state index in [-0.39, 0.29) is 36.0 Å². The summed E-state index contributed by atoms with van der Waals surface area (Å²) in [5.41, 5.74) is 0.222. The minimum absolute atomic E-state index is 0. The molecule has 132 valence electrons. The summed E-state index contributed by atoms with van der Waals surface area (Å²) in [5.74, 6) is 0.804. The fourth-order valence-corrected chi connectivity index (χ4v) is 4.05. The standard InChI is InChI=1S/C16H30N2O2.2ClH/c1-15(2)11-14(3-9-19-15)12-18-7-4-16(5-8-18)13-17-6-10-20-16;;/h14,17H,3-13H2,1-2H3;2*1H. The van der Waals surface area contributed by atoms with Gasteiger partial charge in [-0.2, -0.15) is 0 Å². The summed E-state index contributed by atoms with van der Waals surface area (Å²) in [4.78, 5) is 2.65. The van der Waals surface area contributed by atoms with Crippen molar-refractivity contribution in [1.29, 1.82) is 0 Å². The van der Waals surface area contributed by atoms with Gasteiger partial charge in [0.1, 0.15) is 0 Å². The summed E-state index contributed by atoms with van der Waals surface area (Å²) in [6.07, 6.45) is 4.80. The maximum Gasteiger partial charge on any atom is 0.0831 e. The summed E-state index contributed by atoms with van der Waals surface area (Å²) in [7, 11) is 0. The Kier molecular flexibility index (Phi) is 7.90. The van der Waals surface area contributed by atoms with E-state index in [4.69, 9.17) is 9.47 Å². The lowest BCUT2D eigenvalue weighted by atomic mass is 9.86. The van der Waals surface area contributed by atoms with E-state index in [0.717, 1.165) is 32.2 Å². The number of nitrogens with zero attached hydrogens (tertiary/aromatic N) is 1. The molecule has 0 aromatic heterocycles. The van der Waals surface area contributed by atoms with E-state index < -0.39 is 0 Å². The van der Waals surface area contributed by atoms with Gasteiger partial charge in [0.25, 0.3) is 0 Å². The Bertz CT molecular complexity index is 326. The van der Waals surface area contributed by atoms with Crippen LogP contribution in [0.1, 0.15) is 39.5 Å². The van der Waals surface area contributed by atoms with Crippen molar-refractivity contribution in [3.63, 3.8) is 0 Å². The van der Waals surface area contributed by atoms with Gasteiger partial charge in [0.15, 0.2) is 0 Å². The summed E-state index contributed by atoms with van der Waals surface area (Å²) in [5, 5.41) is 3.49. The molecule has 1 N–H and O–H groups in total. The van der Waals surface area contributed by atoms with Crippen LogP contribution in [0, 0.1) is 5.92 Å². The Morgan fingerprint density at radius 1 is 1.09 bits per heavy atom. The average Bonchev–Trinajstić information content (AvgIpc) is 2.42. The predicted molar refractivity (Wildman–Crippen MR) is 94.5 cm³/mol. The normalized spacial score (nSPS) is 31.1. The SMILES string of the molecule is CC1(C)CC(CN2CCC3(CC2)CNCCO3)CCO1.Cl.Cl. The van der Waals surface area contributed by atoms with Crippen molar-refractivity contribution in [1.82, 2.24) is 10.2 Å². The molecule has 0 saturated carbocycles. The largest absolute Gasteiger partial charge is 0.376 e. The van der Waals surface area contributed by atoms with Crippen molar-refractivity contribution in [3.05, 3.63) is 0 Å². The van der Waals surface area contributed by atoms with Crippen LogP contribution < -0.4 is 5.32 Å². The third-order valence-electron chi connectivity index (χ3n) is 5.22. The van der Waals surface area contributed by atoms with E-state index in [9.17, 15) is 0 Å². The molecule has 0 amide bonds. The van der Waals surface area contributed by atoms with Crippen LogP contribution >= 0.6 is 24.8 Å². The molecule has 3 aliphatic heterocycles. The Labute approximate surface area is 147 Å². The lowest BCUT2D eigenvalue weighted by Gasteiger charge is -2.45. The van der Waals surface area contributed by atoms with E-state index in [1.165, 1.54) is 45.3 Å². The van der Waals surface area contributed by atoms with Gasteiger partial charge < -0.3 is 19.7 Å². The van der Waals surface area contributed by atoms with Gasteiger partial charge in [0.2, 0.25) is 0 Å². The number of halogens is 2. The molecule has 0 aliphatic carbocycles. The smallest absolute Gasteiger partial charge is 0.0831 e. The van der Waals surface area contributed by atoms with Crippen molar-refractivity contribution in [2.75, 3.05) is 45.9 Å². The first-order chi connectivity index (χ1) is 9.57. The topological polar surface area (TPSA) is 33.7 Å². The van der Waals surface area contributed by atoms with Crippen molar-refractivity contribution >= 4 is 24.8 Å². The first-order valence-corrected chi connectivity index (χ1v) is 8.28. The number of ether oxygens (including phenoxy) is 2. The highest BCUT2D eigenvalue weighted by Gasteiger charge is 2.38. The van der Waals surface area contributed by atoms with Crippen molar-refractivity contribution in [2.24, 2.45) is 5.92 Å². The molecule has 1 unspecified atom stereocenters. The highest BCUT2D eigenvalue weighted by atomic mass is 35.5. The number of hydrogen-bond donors (Lipinski definition) is 1. The van der Waals surface area contributed by atoms with Crippen LogP contribution in [0.25, 0.3) is 0 Å².